The van der Waals surface area contributed by atoms with E-state index in [1.165, 1.54) is 0 Å². The second-order valence-corrected chi connectivity index (χ2v) is 6.42. The van der Waals surface area contributed by atoms with Gasteiger partial charge in [-0.1, -0.05) is 30.3 Å². The molecule has 5 nitrogen and oxygen atoms in total. The van der Waals surface area contributed by atoms with Crippen molar-refractivity contribution in [2.45, 2.75) is 6.42 Å². The number of amides is 2. The number of ether oxygens (including phenoxy) is 1. The van der Waals surface area contributed by atoms with Crippen molar-refractivity contribution in [2.24, 2.45) is 5.92 Å². The molecule has 1 aliphatic rings. The number of benzene rings is 2. The van der Waals surface area contributed by atoms with Crippen LogP contribution in [0.2, 0.25) is 0 Å². The van der Waals surface area contributed by atoms with Gasteiger partial charge in [-0.2, -0.15) is 0 Å². The highest BCUT2D eigenvalue weighted by molar-refractivity contribution is 9.10. The predicted molar refractivity (Wildman–Crippen MR) is 94.9 cm³/mol. The Bertz CT molecular complexity index is 763. The van der Waals surface area contributed by atoms with Gasteiger partial charge >= 0.3 is 0 Å². The highest BCUT2D eigenvalue weighted by Gasteiger charge is 2.25. The first-order valence-electron chi connectivity index (χ1n) is 7.66. The monoisotopic (exact) mass is 388 g/mol. The SMILES string of the molecule is O=C(CNC(=O)[C@@H]1COc2ccccc2C1)Nc1ccccc1Br. The molecule has 0 aliphatic carbocycles. The molecule has 2 N–H and O–H groups in total. The predicted octanol–water partition coefficient (Wildman–Crippen LogP) is 2.76. The van der Waals surface area contributed by atoms with Crippen LogP contribution in [0.25, 0.3) is 0 Å². The smallest absolute Gasteiger partial charge is 0.243 e. The zero-order chi connectivity index (χ0) is 16.9. The van der Waals surface area contributed by atoms with Crippen molar-refractivity contribution in [1.82, 2.24) is 5.32 Å². The quantitative estimate of drug-likeness (QED) is 0.845. The third-order valence-corrected chi connectivity index (χ3v) is 4.51. The lowest BCUT2D eigenvalue weighted by Crippen LogP contribution is -2.40. The van der Waals surface area contributed by atoms with Crippen molar-refractivity contribution in [2.75, 3.05) is 18.5 Å². The highest BCUT2D eigenvalue weighted by Crippen LogP contribution is 2.26. The molecule has 0 saturated carbocycles. The number of anilines is 1. The molecule has 0 spiro atoms. The first-order valence-corrected chi connectivity index (χ1v) is 8.45. The fraction of sp³-hybridized carbons (Fsp3) is 0.222. The van der Waals surface area contributed by atoms with Crippen LogP contribution in [0.3, 0.4) is 0 Å². The summed E-state index contributed by atoms with van der Waals surface area (Å²) in [6, 6.07) is 15.0. The summed E-state index contributed by atoms with van der Waals surface area (Å²) in [4.78, 5) is 24.2. The third kappa shape index (κ3) is 3.94. The summed E-state index contributed by atoms with van der Waals surface area (Å²) >= 11 is 3.36. The van der Waals surface area contributed by atoms with E-state index in [4.69, 9.17) is 4.74 Å². The fourth-order valence-corrected chi connectivity index (χ4v) is 2.95. The van der Waals surface area contributed by atoms with Crippen LogP contribution in [-0.4, -0.2) is 25.0 Å². The van der Waals surface area contributed by atoms with Crippen molar-refractivity contribution in [3.8, 4) is 5.75 Å². The molecule has 2 amide bonds. The van der Waals surface area contributed by atoms with Gasteiger partial charge in [-0.25, -0.2) is 0 Å². The maximum atomic E-state index is 12.3. The normalized spacial score (nSPS) is 15.8. The van der Waals surface area contributed by atoms with E-state index in [9.17, 15) is 9.59 Å². The largest absolute Gasteiger partial charge is 0.492 e. The van der Waals surface area contributed by atoms with Crippen LogP contribution in [0, 0.1) is 5.92 Å². The Hall–Kier alpha value is -2.34. The lowest BCUT2D eigenvalue weighted by molar-refractivity contribution is -0.128. The molecule has 24 heavy (non-hydrogen) atoms. The van der Waals surface area contributed by atoms with Gasteiger partial charge in [0, 0.05) is 4.47 Å². The van der Waals surface area contributed by atoms with E-state index in [2.05, 4.69) is 26.6 Å². The molecule has 3 rings (SSSR count). The van der Waals surface area contributed by atoms with Crippen molar-refractivity contribution in [3.63, 3.8) is 0 Å². The van der Waals surface area contributed by atoms with Crippen LogP contribution >= 0.6 is 15.9 Å². The van der Waals surface area contributed by atoms with Crippen LogP contribution < -0.4 is 15.4 Å². The molecule has 0 saturated heterocycles. The zero-order valence-corrected chi connectivity index (χ0v) is 14.5. The molecule has 2 aromatic rings. The minimum absolute atomic E-state index is 0.0711. The molecule has 0 aromatic heterocycles. The minimum atomic E-state index is -0.281. The first-order chi connectivity index (χ1) is 11.6. The highest BCUT2D eigenvalue weighted by atomic mass is 79.9. The minimum Gasteiger partial charge on any atom is -0.492 e. The van der Waals surface area contributed by atoms with Crippen LogP contribution in [0.4, 0.5) is 5.69 Å². The van der Waals surface area contributed by atoms with Gasteiger partial charge in [0.05, 0.1) is 18.2 Å². The average molecular weight is 389 g/mol. The Balaban J connectivity index is 1.51. The van der Waals surface area contributed by atoms with Crippen molar-refractivity contribution in [1.29, 1.82) is 0 Å². The number of carbonyl (C=O) groups is 2. The molecule has 6 heteroatoms. The standard InChI is InChI=1S/C18H17BrN2O3/c19-14-6-2-3-7-15(14)21-17(22)10-20-18(23)13-9-12-5-1-4-8-16(12)24-11-13/h1-8,13H,9-11H2,(H,20,23)(H,21,22)/t13-/m0/s1. The van der Waals surface area contributed by atoms with Gasteiger partial charge < -0.3 is 15.4 Å². The number of carbonyl (C=O) groups excluding carboxylic acids is 2. The topological polar surface area (TPSA) is 67.4 Å². The van der Waals surface area contributed by atoms with Gasteiger partial charge in [-0.05, 0) is 46.1 Å². The molecule has 1 aliphatic heterocycles. The average Bonchev–Trinajstić information content (AvgIpc) is 2.61. The van der Waals surface area contributed by atoms with Gasteiger partial charge in [-0.3, -0.25) is 9.59 Å². The van der Waals surface area contributed by atoms with E-state index >= 15 is 0 Å². The summed E-state index contributed by atoms with van der Waals surface area (Å²) in [7, 11) is 0. The first kappa shape index (κ1) is 16.5. The molecule has 2 aromatic carbocycles. The van der Waals surface area contributed by atoms with Crippen LogP contribution in [0.15, 0.2) is 53.0 Å². The molecular weight excluding hydrogens is 372 g/mol. The molecule has 0 bridgehead atoms. The van der Waals surface area contributed by atoms with Gasteiger partial charge in [0.1, 0.15) is 12.4 Å². The van der Waals surface area contributed by atoms with E-state index in [0.29, 0.717) is 18.7 Å². The summed E-state index contributed by atoms with van der Waals surface area (Å²) in [5.41, 5.74) is 1.69. The number of rotatable bonds is 4. The molecule has 124 valence electrons. The lowest BCUT2D eigenvalue weighted by Gasteiger charge is -2.24. The second-order valence-electron chi connectivity index (χ2n) is 5.57. The van der Waals surface area contributed by atoms with E-state index < -0.39 is 0 Å². The molecule has 1 atom stereocenters. The zero-order valence-electron chi connectivity index (χ0n) is 12.9. The van der Waals surface area contributed by atoms with Crippen molar-refractivity contribution >= 4 is 33.4 Å². The summed E-state index contributed by atoms with van der Waals surface area (Å²) in [6.07, 6.45) is 0.619. The number of para-hydroxylation sites is 2. The third-order valence-electron chi connectivity index (χ3n) is 3.82. The number of nitrogens with one attached hydrogen (secondary N) is 2. The van der Waals surface area contributed by atoms with Crippen LogP contribution in [0.5, 0.6) is 5.75 Å². The molecule has 1 heterocycles. The lowest BCUT2D eigenvalue weighted by atomic mass is 9.96. The Kier molecular flexibility index (Phi) is 5.15. The van der Waals surface area contributed by atoms with Gasteiger partial charge in [-0.15, -0.1) is 0 Å². The molecule has 0 radical (unpaired) electrons. The van der Waals surface area contributed by atoms with Gasteiger partial charge in [0.2, 0.25) is 11.8 Å². The van der Waals surface area contributed by atoms with Gasteiger partial charge in [0.15, 0.2) is 0 Å². The van der Waals surface area contributed by atoms with Crippen LogP contribution in [-0.2, 0) is 16.0 Å². The Labute approximate surface area is 148 Å². The summed E-state index contributed by atoms with van der Waals surface area (Å²) in [5, 5.41) is 5.43. The number of hydrogen-bond acceptors (Lipinski definition) is 3. The Morgan fingerprint density at radius 3 is 2.71 bits per heavy atom. The van der Waals surface area contributed by atoms with E-state index in [1.807, 2.05) is 42.5 Å². The van der Waals surface area contributed by atoms with Crippen molar-refractivity contribution in [3.05, 3.63) is 58.6 Å². The second kappa shape index (κ2) is 7.49. The maximum absolute atomic E-state index is 12.3. The van der Waals surface area contributed by atoms with E-state index in [-0.39, 0.29) is 24.3 Å². The van der Waals surface area contributed by atoms with Crippen LogP contribution in [0.1, 0.15) is 5.56 Å². The summed E-state index contributed by atoms with van der Waals surface area (Å²) in [6.45, 7) is 0.257. The van der Waals surface area contributed by atoms with Gasteiger partial charge in [0.25, 0.3) is 0 Å². The number of fused-ring (bicyclic) bond motifs is 1. The molecular formula is C18H17BrN2O3. The Morgan fingerprint density at radius 1 is 1.12 bits per heavy atom. The molecule has 0 fully saturated rings. The number of hydrogen-bond donors (Lipinski definition) is 2. The number of halogens is 1. The maximum Gasteiger partial charge on any atom is 0.243 e. The summed E-state index contributed by atoms with van der Waals surface area (Å²) in [5.74, 6) is 0.101. The van der Waals surface area contributed by atoms with E-state index in [0.717, 1.165) is 15.8 Å². The van der Waals surface area contributed by atoms with E-state index in [1.54, 1.807) is 6.07 Å². The fourth-order valence-electron chi connectivity index (χ4n) is 2.57. The molecule has 0 unspecified atom stereocenters. The van der Waals surface area contributed by atoms with Crippen molar-refractivity contribution < 1.29 is 14.3 Å². The summed E-state index contributed by atoms with van der Waals surface area (Å²) < 4.78 is 6.40. The Morgan fingerprint density at radius 2 is 1.88 bits per heavy atom.